The molecule has 1 amide bonds. The molecule has 0 bridgehead atoms. The minimum absolute atomic E-state index is 0.237. The van der Waals surface area contributed by atoms with Gasteiger partial charge < -0.3 is 14.2 Å². The maximum absolute atomic E-state index is 12.6. The molecule has 6 nitrogen and oxygen atoms in total. The first kappa shape index (κ1) is 19.4. The van der Waals surface area contributed by atoms with Crippen molar-refractivity contribution in [3.8, 4) is 11.6 Å². The van der Waals surface area contributed by atoms with Gasteiger partial charge in [0, 0.05) is 38.0 Å². The van der Waals surface area contributed by atoms with Gasteiger partial charge in [0.2, 0.25) is 5.91 Å². The first-order chi connectivity index (χ1) is 14.1. The van der Waals surface area contributed by atoms with E-state index in [0.29, 0.717) is 30.5 Å². The first-order valence-corrected chi connectivity index (χ1v) is 10.4. The molecular formula is C23H28N4O2. The zero-order valence-electron chi connectivity index (χ0n) is 17.2. The highest BCUT2D eigenvalue weighted by atomic mass is 16.3. The lowest BCUT2D eigenvalue weighted by molar-refractivity contribution is -0.129. The monoisotopic (exact) mass is 392 g/mol. The van der Waals surface area contributed by atoms with E-state index in [2.05, 4.69) is 18.7 Å². The van der Waals surface area contributed by atoms with Gasteiger partial charge in [0.1, 0.15) is 5.82 Å². The topological polar surface area (TPSA) is 62.5 Å². The van der Waals surface area contributed by atoms with Gasteiger partial charge in [-0.2, -0.15) is 0 Å². The zero-order valence-corrected chi connectivity index (χ0v) is 17.2. The second kappa shape index (κ2) is 8.64. The third kappa shape index (κ3) is 4.42. The largest absolute Gasteiger partial charge is 0.461 e. The van der Waals surface area contributed by atoms with Gasteiger partial charge in [0.15, 0.2) is 11.6 Å². The number of carbonyl (C=O) groups is 1. The second-order valence-electron chi connectivity index (χ2n) is 8.04. The van der Waals surface area contributed by atoms with Crippen LogP contribution in [0.4, 0.5) is 5.82 Å². The molecule has 0 radical (unpaired) electrons. The lowest BCUT2D eigenvalue weighted by Crippen LogP contribution is -2.35. The minimum Gasteiger partial charge on any atom is -0.461 e. The lowest BCUT2D eigenvalue weighted by atomic mass is 10.1. The van der Waals surface area contributed by atoms with Gasteiger partial charge in [-0.15, -0.1) is 0 Å². The first-order valence-electron chi connectivity index (χ1n) is 10.4. The molecule has 0 N–H and O–H groups in total. The van der Waals surface area contributed by atoms with Crippen LogP contribution in [0.5, 0.6) is 0 Å². The molecule has 29 heavy (non-hydrogen) atoms. The summed E-state index contributed by atoms with van der Waals surface area (Å²) in [4.78, 5) is 26.4. The van der Waals surface area contributed by atoms with Crippen LogP contribution in [0.3, 0.4) is 0 Å². The molecule has 3 heterocycles. The Morgan fingerprint density at radius 1 is 1.14 bits per heavy atom. The van der Waals surface area contributed by atoms with E-state index in [1.807, 2.05) is 41.3 Å². The molecule has 152 valence electrons. The number of hydrogen-bond donors (Lipinski definition) is 0. The fourth-order valence-corrected chi connectivity index (χ4v) is 3.90. The molecule has 6 heteroatoms. The predicted octanol–water partition coefficient (Wildman–Crippen LogP) is 4.36. The molecule has 0 unspecified atom stereocenters. The molecule has 1 aliphatic heterocycles. The Balaban J connectivity index is 1.68. The Labute approximate surface area is 171 Å². The van der Waals surface area contributed by atoms with E-state index < -0.39 is 0 Å². The van der Waals surface area contributed by atoms with Gasteiger partial charge in [0.05, 0.1) is 11.8 Å². The van der Waals surface area contributed by atoms with Crippen molar-refractivity contribution in [1.82, 2.24) is 14.9 Å². The van der Waals surface area contributed by atoms with Crippen LogP contribution >= 0.6 is 0 Å². The van der Waals surface area contributed by atoms with E-state index in [1.165, 1.54) is 0 Å². The highest BCUT2D eigenvalue weighted by molar-refractivity contribution is 5.91. The number of benzene rings is 1. The van der Waals surface area contributed by atoms with E-state index in [9.17, 15) is 4.79 Å². The standard InChI is InChI=1S/C23H28N4O2/c1-17(2)16-27(14-11-21(28)26-12-5-6-13-26)23-18-8-3-4-9-19(18)24-22(25-23)20-10-7-15-29-20/h3-4,7-10,15,17H,5-6,11-14,16H2,1-2H3. The summed E-state index contributed by atoms with van der Waals surface area (Å²) in [6.07, 6.45) is 4.37. The molecule has 1 aromatic carbocycles. The summed E-state index contributed by atoms with van der Waals surface area (Å²) >= 11 is 0. The van der Waals surface area contributed by atoms with Crippen LogP contribution in [-0.4, -0.2) is 47.0 Å². The fraction of sp³-hybridized carbons (Fsp3) is 0.435. The number of anilines is 1. The zero-order chi connectivity index (χ0) is 20.2. The van der Waals surface area contributed by atoms with Crippen molar-refractivity contribution in [1.29, 1.82) is 0 Å². The number of para-hydroxylation sites is 1. The minimum atomic E-state index is 0.237. The van der Waals surface area contributed by atoms with Crippen LogP contribution in [-0.2, 0) is 4.79 Å². The van der Waals surface area contributed by atoms with Crippen LogP contribution in [0.2, 0.25) is 0 Å². The molecule has 0 aliphatic carbocycles. The van der Waals surface area contributed by atoms with Gasteiger partial charge in [-0.05, 0) is 43.0 Å². The van der Waals surface area contributed by atoms with Crippen molar-refractivity contribution < 1.29 is 9.21 Å². The Morgan fingerprint density at radius 3 is 2.66 bits per heavy atom. The van der Waals surface area contributed by atoms with Crippen LogP contribution in [0.1, 0.15) is 33.1 Å². The molecule has 1 fully saturated rings. The van der Waals surface area contributed by atoms with E-state index in [4.69, 9.17) is 14.4 Å². The Morgan fingerprint density at radius 2 is 1.93 bits per heavy atom. The Hall–Kier alpha value is -2.89. The van der Waals surface area contributed by atoms with Crippen LogP contribution < -0.4 is 4.90 Å². The number of likely N-dealkylation sites (tertiary alicyclic amines) is 1. The Kier molecular flexibility index (Phi) is 5.79. The second-order valence-corrected chi connectivity index (χ2v) is 8.04. The van der Waals surface area contributed by atoms with E-state index in [0.717, 1.165) is 49.2 Å². The van der Waals surface area contributed by atoms with Gasteiger partial charge in [-0.3, -0.25) is 4.79 Å². The van der Waals surface area contributed by atoms with Crippen molar-refractivity contribution in [2.24, 2.45) is 5.92 Å². The maximum Gasteiger partial charge on any atom is 0.224 e. The smallest absolute Gasteiger partial charge is 0.224 e. The summed E-state index contributed by atoms with van der Waals surface area (Å²) in [5, 5.41) is 0.997. The molecule has 0 atom stereocenters. The number of aromatic nitrogens is 2. The molecule has 0 spiro atoms. The number of fused-ring (bicyclic) bond motifs is 1. The van der Waals surface area contributed by atoms with Gasteiger partial charge in [-0.1, -0.05) is 26.0 Å². The summed E-state index contributed by atoms with van der Waals surface area (Å²) in [5.74, 6) is 2.77. The molecule has 1 aliphatic rings. The van der Waals surface area contributed by atoms with Crippen molar-refractivity contribution in [3.63, 3.8) is 0 Å². The number of nitrogens with zero attached hydrogens (tertiary/aromatic N) is 4. The fourth-order valence-electron chi connectivity index (χ4n) is 3.90. The molecule has 4 rings (SSSR count). The average Bonchev–Trinajstić information content (AvgIpc) is 3.44. The molecule has 3 aromatic rings. The number of amides is 1. The van der Waals surface area contributed by atoms with Gasteiger partial charge in [0.25, 0.3) is 0 Å². The third-order valence-corrected chi connectivity index (χ3v) is 5.26. The molecular weight excluding hydrogens is 364 g/mol. The van der Waals surface area contributed by atoms with Crippen molar-refractivity contribution in [2.75, 3.05) is 31.1 Å². The maximum atomic E-state index is 12.6. The summed E-state index contributed by atoms with van der Waals surface area (Å²) in [5.41, 5.74) is 0.878. The van der Waals surface area contributed by atoms with Crippen LogP contribution in [0.25, 0.3) is 22.5 Å². The van der Waals surface area contributed by atoms with Crippen LogP contribution in [0, 0.1) is 5.92 Å². The van der Waals surface area contributed by atoms with E-state index in [1.54, 1.807) is 6.26 Å². The lowest BCUT2D eigenvalue weighted by Gasteiger charge is -2.27. The van der Waals surface area contributed by atoms with Crippen LogP contribution in [0.15, 0.2) is 47.1 Å². The highest BCUT2D eigenvalue weighted by Crippen LogP contribution is 2.28. The summed E-state index contributed by atoms with van der Waals surface area (Å²) in [6, 6.07) is 11.7. The Bertz CT molecular complexity index is 962. The quantitative estimate of drug-likeness (QED) is 0.598. The van der Waals surface area contributed by atoms with Crippen molar-refractivity contribution in [3.05, 3.63) is 42.7 Å². The SMILES string of the molecule is CC(C)CN(CCC(=O)N1CCCC1)c1nc(-c2ccco2)nc2ccccc12. The van der Waals surface area contributed by atoms with Gasteiger partial charge in [-0.25, -0.2) is 9.97 Å². The molecule has 1 saturated heterocycles. The summed E-state index contributed by atoms with van der Waals surface area (Å²) < 4.78 is 5.55. The average molecular weight is 393 g/mol. The predicted molar refractivity (Wildman–Crippen MR) is 115 cm³/mol. The van der Waals surface area contributed by atoms with Crippen molar-refractivity contribution >= 4 is 22.6 Å². The third-order valence-electron chi connectivity index (χ3n) is 5.26. The molecule has 2 aromatic heterocycles. The summed E-state index contributed by atoms with van der Waals surface area (Å²) in [7, 11) is 0. The van der Waals surface area contributed by atoms with E-state index >= 15 is 0 Å². The normalized spacial score (nSPS) is 14.1. The van der Waals surface area contributed by atoms with E-state index in [-0.39, 0.29) is 5.91 Å². The van der Waals surface area contributed by atoms with Gasteiger partial charge >= 0.3 is 0 Å². The highest BCUT2D eigenvalue weighted by Gasteiger charge is 2.21. The number of hydrogen-bond acceptors (Lipinski definition) is 5. The van der Waals surface area contributed by atoms with Crippen molar-refractivity contribution in [2.45, 2.75) is 33.1 Å². The molecule has 0 saturated carbocycles. The number of furan rings is 1. The summed E-state index contributed by atoms with van der Waals surface area (Å²) in [6.45, 7) is 7.63. The number of rotatable bonds is 7. The number of carbonyl (C=O) groups excluding carboxylic acids is 1.